The molecular formula is C22H12F3N3O4. The second kappa shape index (κ2) is 6.68. The van der Waals surface area contributed by atoms with Crippen molar-refractivity contribution in [2.24, 2.45) is 0 Å². The minimum absolute atomic E-state index is 0.0529. The molecule has 0 radical (unpaired) electrons. The van der Waals surface area contributed by atoms with Gasteiger partial charge in [0.25, 0.3) is 0 Å². The van der Waals surface area contributed by atoms with Gasteiger partial charge in [-0.3, -0.25) is 9.69 Å². The van der Waals surface area contributed by atoms with Gasteiger partial charge in [0.2, 0.25) is 0 Å². The van der Waals surface area contributed by atoms with Crippen LogP contribution < -0.4 is 4.90 Å². The lowest BCUT2D eigenvalue weighted by Crippen LogP contribution is -2.52. The lowest BCUT2D eigenvalue weighted by molar-refractivity contribution is -0.137. The number of rotatable bonds is 1. The molecule has 0 saturated carbocycles. The molecule has 5 rings (SSSR count). The van der Waals surface area contributed by atoms with Crippen LogP contribution in [0, 0.1) is 11.3 Å². The topological polar surface area (TPSA) is 90.7 Å². The molecule has 2 amide bonds. The van der Waals surface area contributed by atoms with E-state index in [1.165, 1.54) is 24.3 Å². The van der Waals surface area contributed by atoms with Gasteiger partial charge in [-0.05, 0) is 42.3 Å². The second-order valence-corrected chi connectivity index (χ2v) is 7.47. The van der Waals surface area contributed by atoms with Gasteiger partial charge in [-0.25, -0.2) is 9.59 Å². The largest absolute Gasteiger partial charge is 0.416 e. The maximum Gasteiger partial charge on any atom is 0.416 e. The summed E-state index contributed by atoms with van der Waals surface area (Å²) in [7, 11) is 0. The highest BCUT2D eigenvalue weighted by Crippen LogP contribution is 2.48. The van der Waals surface area contributed by atoms with E-state index in [1.807, 2.05) is 6.07 Å². The zero-order valence-electron chi connectivity index (χ0n) is 16.1. The smallest absolute Gasteiger partial charge is 0.330 e. The van der Waals surface area contributed by atoms with Crippen LogP contribution in [-0.4, -0.2) is 22.8 Å². The fourth-order valence-electron chi connectivity index (χ4n) is 4.29. The molecule has 0 aromatic heterocycles. The molecule has 0 unspecified atom stereocenters. The van der Waals surface area contributed by atoms with Gasteiger partial charge in [0.15, 0.2) is 5.78 Å². The molecule has 1 aliphatic carbocycles. The van der Waals surface area contributed by atoms with Gasteiger partial charge in [-0.2, -0.15) is 18.4 Å². The van der Waals surface area contributed by atoms with Gasteiger partial charge in [0.05, 0.1) is 28.4 Å². The number of anilines is 1. The van der Waals surface area contributed by atoms with Crippen LogP contribution in [0.5, 0.6) is 0 Å². The quantitative estimate of drug-likeness (QED) is 0.662. The van der Waals surface area contributed by atoms with E-state index in [4.69, 9.17) is 10.1 Å². The van der Waals surface area contributed by atoms with Crippen molar-refractivity contribution in [1.29, 1.82) is 5.26 Å². The van der Waals surface area contributed by atoms with Crippen LogP contribution in [0.2, 0.25) is 0 Å². The lowest BCUT2D eigenvalue weighted by Gasteiger charge is -2.42. The van der Waals surface area contributed by atoms with Crippen LogP contribution in [0.15, 0.2) is 53.7 Å². The van der Waals surface area contributed by atoms with Crippen LogP contribution in [0.3, 0.4) is 0 Å². The first-order valence-electron chi connectivity index (χ1n) is 9.54. The zero-order valence-corrected chi connectivity index (χ0v) is 16.1. The summed E-state index contributed by atoms with van der Waals surface area (Å²) in [4.78, 5) is 44.9. The van der Waals surface area contributed by atoms with Crippen LogP contribution >= 0.6 is 0 Å². The summed E-state index contributed by atoms with van der Waals surface area (Å²) in [6, 6.07) is 8.42. The molecule has 160 valence electrons. The molecule has 7 nitrogen and oxygen atoms in total. The second-order valence-electron chi connectivity index (χ2n) is 7.47. The molecule has 0 fully saturated rings. The SMILES string of the molecule is N#Cc1ccc2c(c1)C(=O)ON1C(=O)N(c3cccc(C(F)(F)F)c3)C3=C(C(=O)CC3)[C@@H]21. The number of urea groups is 1. The molecule has 2 aromatic carbocycles. The molecule has 2 aliphatic heterocycles. The Bertz CT molecular complexity index is 1290. The van der Waals surface area contributed by atoms with Gasteiger partial charge in [-0.1, -0.05) is 12.1 Å². The maximum absolute atomic E-state index is 13.3. The van der Waals surface area contributed by atoms with Crippen LogP contribution in [0.25, 0.3) is 0 Å². The number of hydrogen-bond donors (Lipinski definition) is 0. The Hall–Kier alpha value is -4.13. The first kappa shape index (κ1) is 19.8. The number of hydroxylamine groups is 2. The zero-order chi connectivity index (χ0) is 22.8. The van der Waals surface area contributed by atoms with Crippen molar-refractivity contribution in [2.45, 2.75) is 25.1 Å². The Kier molecular flexibility index (Phi) is 4.14. The first-order valence-corrected chi connectivity index (χ1v) is 9.54. The van der Waals surface area contributed by atoms with E-state index in [-0.39, 0.29) is 46.7 Å². The number of carbonyl (C=O) groups excluding carboxylic acids is 3. The number of nitrogens with zero attached hydrogens (tertiary/aromatic N) is 3. The summed E-state index contributed by atoms with van der Waals surface area (Å²) >= 11 is 0. The number of fused-ring (bicyclic) bond motifs is 4. The summed E-state index contributed by atoms with van der Waals surface area (Å²) in [6.07, 6.45) is -4.41. The third-order valence-electron chi connectivity index (χ3n) is 5.67. The predicted octanol–water partition coefficient (Wildman–Crippen LogP) is 4.26. The van der Waals surface area contributed by atoms with Crippen molar-refractivity contribution in [1.82, 2.24) is 5.06 Å². The molecule has 0 N–H and O–H groups in total. The van der Waals surface area contributed by atoms with Crippen molar-refractivity contribution in [2.75, 3.05) is 4.90 Å². The molecule has 0 spiro atoms. The molecule has 10 heteroatoms. The summed E-state index contributed by atoms with van der Waals surface area (Å²) in [5.74, 6) is -1.20. The molecule has 2 aromatic rings. The number of halogens is 3. The Labute approximate surface area is 178 Å². The molecule has 32 heavy (non-hydrogen) atoms. The number of Topliss-reactive ketones (excluding diaryl/α,β-unsaturated/α-hetero) is 1. The standard InChI is InChI=1S/C22H12F3N3O4/c23-22(24,25)12-2-1-3-13(9-12)27-16-6-7-17(29)18(16)19-14-5-4-11(10-26)8-15(14)20(30)32-28(19)21(27)31/h1-5,8-9,19H,6-7H2/t19-/m1/s1. The van der Waals surface area contributed by atoms with Crippen molar-refractivity contribution >= 4 is 23.5 Å². The van der Waals surface area contributed by atoms with Gasteiger partial charge in [-0.15, -0.1) is 5.06 Å². The first-order chi connectivity index (χ1) is 15.2. The Morgan fingerprint density at radius 3 is 2.56 bits per heavy atom. The van der Waals surface area contributed by atoms with Crippen molar-refractivity contribution < 1.29 is 32.4 Å². The number of amides is 2. The van der Waals surface area contributed by atoms with E-state index in [9.17, 15) is 27.6 Å². The van der Waals surface area contributed by atoms with Gasteiger partial charge >= 0.3 is 18.2 Å². The minimum Gasteiger partial charge on any atom is -0.330 e. The molecular weight excluding hydrogens is 427 g/mol. The summed E-state index contributed by atoms with van der Waals surface area (Å²) in [6.45, 7) is 0. The van der Waals surface area contributed by atoms with E-state index >= 15 is 0 Å². The number of nitriles is 1. The minimum atomic E-state index is -4.63. The Morgan fingerprint density at radius 2 is 1.84 bits per heavy atom. The van der Waals surface area contributed by atoms with Gasteiger partial charge in [0, 0.05) is 17.7 Å². The van der Waals surface area contributed by atoms with Crippen molar-refractivity contribution in [3.8, 4) is 6.07 Å². The van der Waals surface area contributed by atoms with Gasteiger partial charge in [0.1, 0.15) is 6.04 Å². The number of benzene rings is 2. The molecule has 2 heterocycles. The number of carbonyl (C=O) groups is 3. The number of alkyl halides is 3. The van der Waals surface area contributed by atoms with Crippen LogP contribution in [0.4, 0.5) is 23.7 Å². The van der Waals surface area contributed by atoms with Crippen molar-refractivity contribution in [3.63, 3.8) is 0 Å². The summed E-state index contributed by atoms with van der Waals surface area (Å²) in [5.41, 5.74) is -0.0195. The molecule has 3 aliphatic rings. The number of ketones is 1. The predicted molar refractivity (Wildman–Crippen MR) is 102 cm³/mol. The third-order valence-corrected chi connectivity index (χ3v) is 5.67. The van der Waals surface area contributed by atoms with Crippen LogP contribution in [-0.2, 0) is 15.8 Å². The van der Waals surface area contributed by atoms with Crippen LogP contribution in [0.1, 0.15) is 45.9 Å². The average Bonchev–Trinajstić information content (AvgIpc) is 3.14. The van der Waals surface area contributed by atoms with E-state index in [0.717, 1.165) is 28.2 Å². The third kappa shape index (κ3) is 2.78. The molecule has 0 saturated heterocycles. The monoisotopic (exact) mass is 439 g/mol. The van der Waals surface area contributed by atoms with Crippen molar-refractivity contribution in [3.05, 3.63) is 76.0 Å². The number of allylic oxidation sites excluding steroid dienone is 1. The van der Waals surface area contributed by atoms with Gasteiger partial charge < -0.3 is 4.84 Å². The lowest BCUT2D eigenvalue weighted by atomic mass is 9.89. The van der Waals surface area contributed by atoms with E-state index in [1.54, 1.807) is 0 Å². The average molecular weight is 439 g/mol. The highest BCUT2D eigenvalue weighted by Gasteiger charge is 2.51. The normalized spacial score (nSPS) is 19.9. The van der Waals surface area contributed by atoms with E-state index in [2.05, 4.69) is 0 Å². The Morgan fingerprint density at radius 1 is 1.06 bits per heavy atom. The number of hydrogen-bond acceptors (Lipinski definition) is 5. The Balaban J connectivity index is 1.71. The fraction of sp³-hybridized carbons (Fsp3) is 0.182. The highest BCUT2D eigenvalue weighted by molar-refractivity contribution is 6.09. The fourth-order valence-corrected chi connectivity index (χ4v) is 4.29. The molecule has 1 atom stereocenters. The van der Waals surface area contributed by atoms with E-state index < -0.39 is 29.8 Å². The molecule has 0 bridgehead atoms. The maximum atomic E-state index is 13.3. The summed E-state index contributed by atoms with van der Waals surface area (Å²) < 4.78 is 39.7. The summed E-state index contributed by atoms with van der Waals surface area (Å²) in [5, 5.41) is 9.84. The van der Waals surface area contributed by atoms with E-state index in [0.29, 0.717) is 5.56 Å². The highest BCUT2D eigenvalue weighted by atomic mass is 19.4.